The number of nitrogens with zero attached hydrogens (tertiary/aromatic N) is 2. The summed E-state index contributed by atoms with van der Waals surface area (Å²) < 4.78 is 5.96. The topological polar surface area (TPSA) is 32.8 Å². The Kier molecular flexibility index (Phi) is 6.04. The number of carbonyl (C=O) groups is 1. The SMILES string of the molecule is CC[C@H](Oc1cccc(C)c1)C(=O)N1CCN(c2cccc(Cl)c2)CC1. The molecule has 4 nitrogen and oxygen atoms in total. The summed E-state index contributed by atoms with van der Waals surface area (Å²) in [4.78, 5) is 17.0. The minimum absolute atomic E-state index is 0.0692. The maximum absolute atomic E-state index is 12.9. The van der Waals surface area contributed by atoms with Gasteiger partial charge in [-0.1, -0.05) is 36.7 Å². The lowest BCUT2D eigenvalue weighted by Crippen LogP contribution is -2.52. The number of ether oxygens (including phenoxy) is 1. The Hall–Kier alpha value is -2.20. The summed E-state index contributed by atoms with van der Waals surface area (Å²) in [7, 11) is 0. The number of hydrogen-bond donors (Lipinski definition) is 0. The third-order valence-corrected chi connectivity index (χ3v) is 4.91. The lowest BCUT2D eigenvalue weighted by Gasteiger charge is -2.37. The predicted octanol–water partition coefficient (Wildman–Crippen LogP) is 4.15. The van der Waals surface area contributed by atoms with E-state index >= 15 is 0 Å². The zero-order valence-corrected chi connectivity index (χ0v) is 16.1. The van der Waals surface area contributed by atoms with Gasteiger partial charge in [-0.25, -0.2) is 0 Å². The average molecular weight is 373 g/mol. The van der Waals surface area contributed by atoms with E-state index in [4.69, 9.17) is 16.3 Å². The number of piperazine rings is 1. The fraction of sp³-hybridized carbons (Fsp3) is 0.381. The molecule has 1 saturated heterocycles. The quantitative estimate of drug-likeness (QED) is 0.790. The number of benzene rings is 2. The van der Waals surface area contributed by atoms with Crippen LogP contribution in [-0.4, -0.2) is 43.1 Å². The Morgan fingerprint density at radius 3 is 2.50 bits per heavy atom. The highest BCUT2D eigenvalue weighted by molar-refractivity contribution is 6.30. The van der Waals surface area contributed by atoms with Gasteiger partial charge in [-0.05, 0) is 49.2 Å². The Labute approximate surface area is 160 Å². The van der Waals surface area contributed by atoms with Crippen molar-refractivity contribution in [3.63, 3.8) is 0 Å². The smallest absolute Gasteiger partial charge is 0.263 e. The molecule has 2 aromatic rings. The van der Waals surface area contributed by atoms with Crippen molar-refractivity contribution in [2.24, 2.45) is 0 Å². The van der Waals surface area contributed by atoms with Crippen LogP contribution in [0.2, 0.25) is 5.02 Å². The Balaban J connectivity index is 1.59. The van der Waals surface area contributed by atoms with E-state index in [9.17, 15) is 4.79 Å². The van der Waals surface area contributed by atoms with Crippen LogP contribution in [0.25, 0.3) is 0 Å². The van der Waals surface area contributed by atoms with Crippen molar-refractivity contribution < 1.29 is 9.53 Å². The molecule has 3 rings (SSSR count). The number of aryl methyl sites for hydroxylation is 1. The zero-order chi connectivity index (χ0) is 18.5. The second kappa shape index (κ2) is 8.45. The van der Waals surface area contributed by atoms with Crippen LogP contribution in [0.4, 0.5) is 5.69 Å². The highest BCUT2D eigenvalue weighted by Gasteiger charge is 2.28. The first kappa shape index (κ1) is 18.6. The van der Waals surface area contributed by atoms with Gasteiger partial charge in [0.25, 0.3) is 5.91 Å². The minimum atomic E-state index is -0.436. The van der Waals surface area contributed by atoms with Crippen LogP contribution < -0.4 is 9.64 Å². The lowest BCUT2D eigenvalue weighted by atomic mass is 10.2. The molecule has 1 amide bonds. The summed E-state index contributed by atoms with van der Waals surface area (Å²) in [6.07, 6.45) is 0.218. The van der Waals surface area contributed by atoms with E-state index in [-0.39, 0.29) is 5.91 Å². The second-order valence-corrected chi connectivity index (χ2v) is 7.06. The molecule has 0 saturated carbocycles. The summed E-state index contributed by atoms with van der Waals surface area (Å²) in [5.74, 6) is 0.822. The molecule has 0 N–H and O–H groups in total. The molecule has 0 aromatic heterocycles. The van der Waals surface area contributed by atoms with Crippen LogP contribution in [0, 0.1) is 6.92 Å². The molecule has 2 aromatic carbocycles. The van der Waals surface area contributed by atoms with Gasteiger partial charge in [-0.2, -0.15) is 0 Å². The standard InChI is InChI=1S/C21H25ClN2O2/c1-3-20(26-19-9-4-6-16(2)14-19)21(25)24-12-10-23(11-13-24)18-8-5-7-17(22)15-18/h4-9,14-15,20H,3,10-13H2,1-2H3/t20-/m0/s1. The van der Waals surface area contributed by atoms with Crippen LogP contribution in [0.1, 0.15) is 18.9 Å². The van der Waals surface area contributed by atoms with Crippen molar-refractivity contribution in [2.75, 3.05) is 31.1 Å². The van der Waals surface area contributed by atoms with Gasteiger partial charge in [0, 0.05) is 36.9 Å². The molecule has 1 fully saturated rings. The predicted molar refractivity (Wildman–Crippen MR) is 106 cm³/mol. The van der Waals surface area contributed by atoms with Gasteiger partial charge in [-0.3, -0.25) is 4.79 Å². The first-order chi connectivity index (χ1) is 12.6. The van der Waals surface area contributed by atoms with Crippen molar-refractivity contribution in [2.45, 2.75) is 26.4 Å². The molecule has 1 aliphatic heterocycles. The van der Waals surface area contributed by atoms with E-state index in [1.165, 1.54) is 0 Å². The summed E-state index contributed by atoms with van der Waals surface area (Å²) in [6.45, 7) is 6.99. The first-order valence-corrected chi connectivity index (χ1v) is 9.47. The highest BCUT2D eigenvalue weighted by atomic mass is 35.5. The Bertz CT molecular complexity index is 757. The monoisotopic (exact) mass is 372 g/mol. The average Bonchev–Trinajstić information content (AvgIpc) is 2.66. The molecule has 0 aliphatic carbocycles. The maximum Gasteiger partial charge on any atom is 0.263 e. The second-order valence-electron chi connectivity index (χ2n) is 6.62. The van der Waals surface area contributed by atoms with E-state index in [2.05, 4.69) is 11.0 Å². The van der Waals surface area contributed by atoms with Gasteiger partial charge in [-0.15, -0.1) is 0 Å². The van der Waals surface area contributed by atoms with Crippen molar-refractivity contribution in [1.82, 2.24) is 4.90 Å². The molecule has 1 aliphatic rings. The van der Waals surface area contributed by atoms with E-state index < -0.39 is 6.10 Å². The molecule has 26 heavy (non-hydrogen) atoms. The van der Waals surface area contributed by atoms with Crippen LogP contribution in [0.3, 0.4) is 0 Å². The van der Waals surface area contributed by atoms with E-state index in [1.54, 1.807) is 0 Å². The number of hydrogen-bond acceptors (Lipinski definition) is 3. The van der Waals surface area contributed by atoms with Crippen LogP contribution in [0.15, 0.2) is 48.5 Å². The highest BCUT2D eigenvalue weighted by Crippen LogP contribution is 2.22. The summed E-state index contributed by atoms with van der Waals surface area (Å²) >= 11 is 6.08. The van der Waals surface area contributed by atoms with E-state index in [0.717, 1.165) is 35.1 Å². The minimum Gasteiger partial charge on any atom is -0.481 e. The van der Waals surface area contributed by atoms with Gasteiger partial charge in [0.2, 0.25) is 0 Å². The van der Waals surface area contributed by atoms with Crippen LogP contribution >= 0.6 is 11.6 Å². The number of rotatable bonds is 5. The first-order valence-electron chi connectivity index (χ1n) is 9.09. The summed E-state index contributed by atoms with van der Waals surface area (Å²) in [6, 6.07) is 15.7. The van der Waals surface area contributed by atoms with E-state index in [0.29, 0.717) is 19.5 Å². The van der Waals surface area contributed by atoms with E-state index in [1.807, 2.05) is 61.2 Å². The fourth-order valence-electron chi connectivity index (χ4n) is 3.22. The van der Waals surface area contributed by atoms with Crippen LogP contribution in [-0.2, 0) is 4.79 Å². The van der Waals surface area contributed by atoms with Crippen molar-refractivity contribution in [1.29, 1.82) is 0 Å². The number of amides is 1. The van der Waals surface area contributed by atoms with Gasteiger partial charge in [0.05, 0.1) is 0 Å². The third-order valence-electron chi connectivity index (χ3n) is 4.68. The fourth-order valence-corrected chi connectivity index (χ4v) is 3.41. The molecule has 5 heteroatoms. The van der Waals surface area contributed by atoms with Gasteiger partial charge in [0.1, 0.15) is 5.75 Å². The third kappa shape index (κ3) is 4.50. The molecule has 0 spiro atoms. The molecule has 138 valence electrons. The molecule has 0 radical (unpaired) electrons. The molecule has 0 bridgehead atoms. The molecular formula is C21H25ClN2O2. The summed E-state index contributed by atoms with van der Waals surface area (Å²) in [5.41, 5.74) is 2.23. The maximum atomic E-state index is 12.9. The van der Waals surface area contributed by atoms with Gasteiger partial charge >= 0.3 is 0 Å². The largest absolute Gasteiger partial charge is 0.481 e. The molecular weight excluding hydrogens is 348 g/mol. The van der Waals surface area contributed by atoms with Crippen molar-refractivity contribution >= 4 is 23.2 Å². The Morgan fingerprint density at radius 1 is 1.12 bits per heavy atom. The van der Waals surface area contributed by atoms with Crippen molar-refractivity contribution in [3.8, 4) is 5.75 Å². The zero-order valence-electron chi connectivity index (χ0n) is 15.3. The van der Waals surface area contributed by atoms with Crippen molar-refractivity contribution in [3.05, 3.63) is 59.1 Å². The molecule has 0 unspecified atom stereocenters. The van der Waals surface area contributed by atoms with Crippen LogP contribution in [0.5, 0.6) is 5.75 Å². The summed E-state index contributed by atoms with van der Waals surface area (Å²) in [5, 5.41) is 0.735. The normalized spacial score (nSPS) is 15.7. The van der Waals surface area contributed by atoms with Gasteiger partial charge < -0.3 is 14.5 Å². The molecule has 1 heterocycles. The van der Waals surface area contributed by atoms with Gasteiger partial charge in [0.15, 0.2) is 6.10 Å². The lowest BCUT2D eigenvalue weighted by molar-refractivity contribution is -0.139. The number of halogens is 1. The molecule has 1 atom stereocenters. The number of carbonyl (C=O) groups excluding carboxylic acids is 1. The number of anilines is 1. The Morgan fingerprint density at radius 2 is 1.85 bits per heavy atom.